The Kier molecular flexibility index (Phi) is 4.06. The van der Waals surface area contributed by atoms with E-state index < -0.39 is 5.60 Å². The van der Waals surface area contributed by atoms with Gasteiger partial charge in [-0.25, -0.2) is 4.79 Å². The molecule has 2 saturated heterocycles. The zero-order chi connectivity index (χ0) is 14.1. The molecule has 19 heavy (non-hydrogen) atoms. The number of piperidine rings is 1. The molecule has 2 aliphatic rings. The van der Waals surface area contributed by atoms with Gasteiger partial charge in [0.1, 0.15) is 5.60 Å². The van der Waals surface area contributed by atoms with E-state index in [1.807, 2.05) is 25.7 Å². The number of aliphatic hydroxyl groups is 1. The van der Waals surface area contributed by atoms with Gasteiger partial charge >= 0.3 is 6.09 Å². The Bertz CT molecular complexity index is 322. The van der Waals surface area contributed by atoms with Gasteiger partial charge in [-0.05, 0) is 39.0 Å². The zero-order valence-electron chi connectivity index (χ0n) is 12.3. The van der Waals surface area contributed by atoms with Crippen LogP contribution in [-0.4, -0.2) is 65.9 Å². The van der Waals surface area contributed by atoms with Gasteiger partial charge in [0.25, 0.3) is 0 Å². The molecule has 0 aliphatic carbocycles. The van der Waals surface area contributed by atoms with Crippen molar-refractivity contribution in [3.8, 4) is 0 Å². The van der Waals surface area contributed by atoms with Gasteiger partial charge in [0, 0.05) is 32.7 Å². The third-order valence-electron chi connectivity index (χ3n) is 4.01. The molecular formula is C14H26N2O3. The second kappa shape index (κ2) is 5.29. The highest BCUT2D eigenvalue weighted by atomic mass is 16.6. The number of amides is 1. The number of carbonyl (C=O) groups is 1. The third-order valence-corrected chi connectivity index (χ3v) is 4.01. The lowest BCUT2D eigenvalue weighted by Crippen LogP contribution is -2.61. The smallest absolute Gasteiger partial charge is 0.410 e. The van der Waals surface area contributed by atoms with E-state index in [0.717, 1.165) is 45.6 Å². The summed E-state index contributed by atoms with van der Waals surface area (Å²) in [5, 5.41) is 8.90. The standard InChI is InChI=1S/C14H26N2O3/c1-13(2,3)19-12(18)16-6-4-14(5-7-16)10-15(11-14)8-9-17/h17H,4-11H2,1-3H3. The third kappa shape index (κ3) is 3.60. The van der Waals surface area contributed by atoms with Crippen LogP contribution in [0.15, 0.2) is 0 Å². The summed E-state index contributed by atoms with van der Waals surface area (Å²) in [4.78, 5) is 16.1. The van der Waals surface area contributed by atoms with E-state index in [0.29, 0.717) is 5.41 Å². The van der Waals surface area contributed by atoms with Crippen LogP contribution in [-0.2, 0) is 4.74 Å². The van der Waals surface area contributed by atoms with Gasteiger partial charge in [-0.15, -0.1) is 0 Å². The molecule has 0 aromatic heterocycles. The molecule has 0 aromatic rings. The van der Waals surface area contributed by atoms with Crippen molar-refractivity contribution in [3.05, 3.63) is 0 Å². The zero-order valence-corrected chi connectivity index (χ0v) is 12.3. The molecule has 1 amide bonds. The first-order valence-electron chi connectivity index (χ1n) is 7.15. The fraction of sp³-hybridized carbons (Fsp3) is 0.929. The van der Waals surface area contributed by atoms with Gasteiger partial charge in [0.2, 0.25) is 0 Å². The Balaban J connectivity index is 1.76. The maximum atomic E-state index is 12.0. The molecule has 2 rings (SSSR count). The molecule has 5 heteroatoms. The van der Waals surface area contributed by atoms with Crippen LogP contribution in [0.3, 0.4) is 0 Å². The highest BCUT2D eigenvalue weighted by Crippen LogP contribution is 2.40. The van der Waals surface area contributed by atoms with Crippen molar-refractivity contribution < 1.29 is 14.6 Å². The molecule has 5 nitrogen and oxygen atoms in total. The lowest BCUT2D eigenvalue weighted by molar-refractivity contribution is -0.0555. The van der Waals surface area contributed by atoms with Crippen LogP contribution in [0.25, 0.3) is 0 Å². The molecule has 1 spiro atoms. The average Bonchev–Trinajstić information content (AvgIpc) is 2.26. The SMILES string of the molecule is CC(C)(C)OC(=O)N1CCC2(CC1)CN(CCO)C2. The van der Waals surface area contributed by atoms with E-state index in [2.05, 4.69) is 4.90 Å². The summed E-state index contributed by atoms with van der Waals surface area (Å²) in [5.41, 5.74) is -0.0334. The van der Waals surface area contributed by atoms with Gasteiger partial charge in [-0.2, -0.15) is 0 Å². The summed E-state index contributed by atoms with van der Waals surface area (Å²) in [6, 6.07) is 0. The summed E-state index contributed by atoms with van der Waals surface area (Å²) in [6.07, 6.45) is 1.91. The van der Waals surface area contributed by atoms with Gasteiger partial charge in [0.15, 0.2) is 0 Å². The summed E-state index contributed by atoms with van der Waals surface area (Å²) in [7, 11) is 0. The van der Waals surface area contributed by atoms with Crippen LogP contribution in [0.4, 0.5) is 4.79 Å². The summed E-state index contributed by atoms with van der Waals surface area (Å²) in [6.45, 7) is 10.4. The minimum Gasteiger partial charge on any atom is -0.444 e. The van der Waals surface area contributed by atoms with E-state index in [1.165, 1.54) is 0 Å². The van der Waals surface area contributed by atoms with Gasteiger partial charge < -0.3 is 14.7 Å². The van der Waals surface area contributed by atoms with Gasteiger partial charge in [-0.3, -0.25) is 4.90 Å². The summed E-state index contributed by atoms with van der Waals surface area (Å²) >= 11 is 0. The lowest BCUT2D eigenvalue weighted by Gasteiger charge is -2.54. The highest BCUT2D eigenvalue weighted by Gasteiger charge is 2.45. The molecule has 0 saturated carbocycles. The fourth-order valence-corrected chi connectivity index (χ4v) is 3.01. The van der Waals surface area contributed by atoms with Crippen LogP contribution < -0.4 is 0 Å². The Hall–Kier alpha value is -0.810. The highest BCUT2D eigenvalue weighted by molar-refractivity contribution is 5.68. The molecule has 1 N–H and O–H groups in total. The Morgan fingerprint density at radius 1 is 1.26 bits per heavy atom. The number of likely N-dealkylation sites (tertiary alicyclic amines) is 2. The van der Waals surface area contributed by atoms with Gasteiger partial charge in [-0.1, -0.05) is 0 Å². The molecule has 0 radical (unpaired) electrons. The van der Waals surface area contributed by atoms with Crippen molar-refractivity contribution in [3.63, 3.8) is 0 Å². The number of hydrogen-bond acceptors (Lipinski definition) is 4. The Labute approximate surface area is 115 Å². The van der Waals surface area contributed by atoms with Crippen LogP contribution in [0.1, 0.15) is 33.6 Å². The van der Waals surface area contributed by atoms with Crippen molar-refractivity contribution in [2.24, 2.45) is 5.41 Å². The van der Waals surface area contributed by atoms with Crippen LogP contribution in [0.2, 0.25) is 0 Å². The number of β-amino-alcohol motifs (C(OH)–C–C–N with tert-alkyl or cyclic N) is 1. The summed E-state index contributed by atoms with van der Waals surface area (Å²) < 4.78 is 5.40. The molecule has 110 valence electrons. The molecule has 0 atom stereocenters. The van der Waals surface area contributed by atoms with E-state index in [9.17, 15) is 4.79 Å². The lowest BCUT2D eigenvalue weighted by atomic mass is 9.72. The van der Waals surface area contributed by atoms with Crippen LogP contribution >= 0.6 is 0 Å². The van der Waals surface area contributed by atoms with Crippen molar-refractivity contribution >= 4 is 6.09 Å². The molecule has 0 unspecified atom stereocenters. The topological polar surface area (TPSA) is 53.0 Å². The predicted molar refractivity (Wildman–Crippen MR) is 73.0 cm³/mol. The maximum Gasteiger partial charge on any atom is 0.410 e. The van der Waals surface area contributed by atoms with Crippen molar-refractivity contribution in [1.29, 1.82) is 0 Å². The number of rotatable bonds is 2. The van der Waals surface area contributed by atoms with Crippen molar-refractivity contribution in [1.82, 2.24) is 9.80 Å². The monoisotopic (exact) mass is 270 g/mol. The quantitative estimate of drug-likeness (QED) is 0.822. The first-order valence-corrected chi connectivity index (χ1v) is 7.15. The predicted octanol–water partition coefficient (Wildman–Crippen LogP) is 1.31. The van der Waals surface area contributed by atoms with Crippen molar-refractivity contribution in [2.45, 2.75) is 39.2 Å². The van der Waals surface area contributed by atoms with Crippen LogP contribution in [0.5, 0.6) is 0 Å². The van der Waals surface area contributed by atoms with E-state index >= 15 is 0 Å². The van der Waals surface area contributed by atoms with E-state index in [4.69, 9.17) is 9.84 Å². The van der Waals surface area contributed by atoms with Gasteiger partial charge in [0.05, 0.1) is 6.61 Å². The second-order valence-electron chi connectivity index (χ2n) is 6.90. The van der Waals surface area contributed by atoms with E-state index in [1.54, 1.807) is 0 Å². The number of aliphatic hydroxyl groups excluding tert-OH is 1. The summed E-state index contributed by atoms with van der Waals surface area (Å²) in [5.74, 6) is 0. The molecule has 2 fully saturated rings. The number of carbonyl (C=O) groups excluding carboxylic acids is 1. The molecule has 2 aliphatic heterocycles. The molecular weight excluding hydrogens is 244 g/mol. The average molecular weight is 270 g/mol. The number of hydrogen-bond donors (Lipinski definition) is 1. The minimum atomic E-state index is -0.416. The van der Waals surface area contributed by atoms with Crippen molar-refractivity contribution in [2.75, 3.05) is 39.3 Å². The fourth-order valence-electron chi connectivity index (χ4n) is 3.01. The number of nitrogens with zero attached hydrogens (tertiary/aromatic N) is 2. The van der Waals surface area contributed by atoms with E-state index in [-0.39, 0.29) is 12.7 Å². The van der Waals surface area contributed by atoms with Crippen LogP contribution in [0, 0.1) is 5.41 Å². The minimum absolute atomic E-state index is 0.186. The first-order chi connectivity index (χ1) is 8.84. The number of ether oxygens (including phenoxy) is 1. The normalized spacial score (nSPS) is 23.3. The Morgan fingerprint density at radius 2 is 1.84 bits per heavy atom. The molecule has 0 bridgehead atoms. The largest absolute Gasteiger partial charge is 0.444 e. The molecule has 0 aromatic carbocycles. The second-order valence-corrected chi connectivity index (χ2v) is 6.90. The molecule has 2 heterocycles. The maximum absolute atomic E-state index is 12.0. The first kappa shape index (κ1) is 14.6. The Morgan fingerprint density at radius 3 is 2.32 bits per heavy atom.